The highest BCUT2D eigenvalue weighted by molar-refractivity contribution is 7.92. The molecule has 140 valence electrons. The van der Waals surface area contributed by atoms with Gasteiger partial charge in [0.2, 0.25) is 10.0 Å². The van der Waals surface area contributed by atoms with Crippen molar-refractivity contribution in [2.75, 3.05) is 52.6 Å². The fourth-order valence-corrected chi connectivity index (χ4v) is 6.54. The summed E-state index contributed by atoms with van der Waals surface area (Å²) in [4.78, 5) is 0.573. The molecule has 0 amide bonds. The molecule has 1 aromatic heterocycles. The number of nitrogens with zero attached hydrogens (tertiary/aromatic N) is 2. The molecule has 0 spiro atoms. The first-order chi connectivity index (χ1) is 11.9. The molecule has 2 aliphatic heterocycles. The normalized spacial score (nSPS) is 21.8. The number of hydrogen-bond acceptors (Lipinski definition) is 7. The van der Waals surface area contributed by atoms with E-state index in [1.165, 1.54) is 20.8 Å². The molecule has 11 heteroatoms. The maximum Gasteiger partial charge on any atom is 0.252 e. The molecule has 0 atom stereocenters. The second-order valence-electron chi connectivity index (χ2n) is 5.53. The van der Waals surface area contributed by atoms with Crippen molar-refractivity contribution in [2.45, 2.75) is 4.21 Å². The Kier molecular flexibility index (Phi) is 5.93. The first kappa shape index (κ1) is 19.0. The average molecular weight is 409 g/mol. The smallest absolute Gasteiger partial charge is 0.252 e. The van der Waals surface area contributed by atoms with E-state index in [4.69, 9.17) is 9.47 Å². The summed E-state index contributed by atoms with van der Waals surface area (Å²) in [6, 6.07) is 3.12. The molecule has 0 N–H and O–H groups in total. The predicted molar refractivity (Wildman–Crippen MR) is 94.2 cm³/mol. The second kappa shape index (κ2) is 7.82. The summed E-state index contributed by atoms with van der Waals surface area (Å²) in [6.45, 7) is 2.85. The molecular weight excluding hydrogens is 388 g/mol. The summed E-state index contributed by atoms with van der Waals surface area (Å²) < 4.78 is 62.9. The Bertz CT molecular complexity index is 819. The maximum absolute atomic E-state index is 12.6. The molecule has 8 nitrogen and oxygen atoms in total. The molecule has 2 aliphatic rings. The van der Waals surface area contributed by atoms with Gasteiger partial charge in [-0.05, 0) is 18.2 Å². The molecule has 3 heterocycles. The number of ether oxygens (including phenoxy) is 2. The molecule has 1 aromatic rings. The number of rotatable bonds is 5. The zero-order valence-corrected chi connectivity index (χ0v) is 16.0. The second-order valence-corrected chi connectivity index (χ2v) is 10.6. The molecule has 3 rings (SSSR count). The largest absolute Gasteiger partial charge is 0.379 e. The summed E-state index contributed by atoms with van der Waals surface area (Å²) >= 11 is 1.06. The quantitative estimate of drug-likeness (QED) is 0.700. The fourth-order valence-electron chi connectivity index (χ4n) is 2.52. The van der Waals surface area contributed by atoms with E-state index in [0.29, 0.717) is 57.5 Å². The minimum Gasteiger partial charge on any atom is -0.379 e. The summed E-state index contributed by atoms with van der Waals surface area (Å²) in [5.74, 6) is 0. The average Bonchev–Trinajstić information content (AvgIpc) is 3.12. The summed E-state index contributed by atoms with van der Waals surface area (Å²) in [5, 5.41) is 1.12. The SMILES string of the molecule is O=S(=O)(/C=C/c1ccc(S(=O)(=O)N2CCOCC2)s1)N1CCOCC1. The molecule has 25 heavy (non-hydrogen) atoms. The number of thiophene rings is 1. The lowest BCUT2D eigenvalue weighted by molar-refractivity contribution is 0.0731. The van der Waals surface area contributed by atoms with E-state index in [1.807, 2.05) is 0 Å². The Labute approximate surface area is 151 Å². The molecule has 0 aromatic carbocycles. The van der Waals surface area contributed by atoms with E-state index in [-0.39, 0.29) is 4.21 Å². The van der Waals surface area contributed by atoms with Crippen LogP contribution in [0.5, 0.6) is 0 Å². The number of hydrogen-bond donors (Lipinski definition) is 0. The van der Waals surface area contributed by atoms with Crippen LogP contribution in [-0.4, -0.2) is 78.1 Å². The lowest BCUT2D eigenvalue weighted by Gasteiger charge is -2.25. The third-order valence-corrected chi connectivity index (χ3v) is 8.88. The van der Waals surface area contributed by atoms with Crippen LogP contribution >= 0.6 is 11.3 Å². The summed E-state index contributed by atoms with van der Waals surface area (Å²) in [5.41, 5.74) is 0. The van der Waals surface area contributed by atoms with Crippen LogP contribution in [0, 0.1) is 0 Å². The Balaban J connectivity index is 1.72. The van der Waals surface area contributed by atoms with E-state index in [2.05, 4.69) is 0 Å². The van der Waals surface area contributed by atoms with E-state index < -0.39 is 20.0 Å². The predicted octanol–water partition coefficient (Wildman–Crippen LogP) is 0.402. The van der Waals surface area contributed by atoms with Gasteiger partial charge in [0.25, 0.3) is 10.0 Å². The molecule has 0 aliphatic carbocycles. The monoisotopic (exact) mass is 408 g/mol. The van der Waals surface area contributed by atoms with E-state index in [1.54, 1.807) is 6.07 Å². The van der Waals surface area contributed by atoms with Crippen molar-refractivity contribution in [2.24, 2.45) is 0 Å². The molecule has 0 saturated carbocycles. The maximum atomic E-state index is 12.6. The van der Waals surface area contributed by atoms with Gasteiger partial charge in [-0.2, -0.15) is 8.61 Å². The van der Waals surface area contributed by atoms with Gasteiger partial charge in [-0.15, -0.1) is 11.3 Å². The van der Waals surface area contributed by atoms with Crippen molar-refractivity contribution in [3.63, 3.8) is 0 Å². The van der Waals surface area contributed by atoms with Gasteiger partial charge in [0.1, 0.15) is 4.21 Å². The third-order valence-electron chi connectivity index (χ3n) is 3.90. The highest BCUT2D eigenvalue weighted by Crippen LogP contribution is 2.26. The van der Waals surface area contributed by atoms with Crippen LogP contribution in [0.3, 0.4) is 0 Å². The topological polar surface area (TPSA) is 93.2 Å². The van der Waals surface area contributed by atoms with Crippen LogP contribution in [0.15, 0.2) is 21.7 Å². The van der Waals surface area contributed by atoms with Crippen LogP contribution in [0.2, 0.25) is 0 Å². The van der Waals surface area contributed by atoms with Gasteiger partial charge in [-0.25, -0.2) is 16.8 Å². The Hall–Kier alpha value is -0.820. The van der Waals surface area contributed by atoms with Gasteiger partial charge in [-0.1, -0.05) is 0 Å². The summed E-state index contributed by atoms with van der Waals surface area (Å²) in [7, 11) is -7.08. The van der Waals surface area contributed by atoms with E-state index in [9.17, 15) is 16.8 Å². The number of morpholine rings is 2. The zero-order chi connectivity index (χ0) is 17.9. The first-order valence-corrected chi connectivity index (χ1v) is 11.6. The van der Waals surface area contributed by atoms with Crippen molar-refractivity contribution in [3.05, 3.63) is 22.4 Å². The molecular formula is C14H20N2O6S3. The van der Waals surface area contributed by atoms with Crippen LogP contribution < -0.4 is 0 Å². The molecule has 2 fully saturated rings. The Morgan fingerprint density at radius 2 is 1.44 bits per heavy atom. The van der Waals surface area contributed by atoms with Gasteiger partial charge < -0.3 is 9.47 Å². The highest BCUT2D eigenvalue weighted by Gasteiger charge is 2.27. The van der Waals surface area contributed by atoms with Crippen LogP contribution in [0.1, 0.15) is 4.88 Å². The highest BCUT2D eigenvalue weighted by atomic mass is 32.2. The number of sulfonamides is 2. The molecule has 2 saturated heterocycles. The Morgan fingerprint density at radius 3 is 2.04 bits per heavy atom. The lowest BCUT2D eigenvalue weighted by Crippen LogP contribution is -2.40. The van der Waals surface area contributed by atoms with Crippen LogP contribution in [-0.2, 0) is 29.5 Å². The van der Waals surface area contributed by atoms with E-state index in [0.717, 1.165) is 16.7 Å². The third kappa shape index (κ3) is 4.48. The standard InChI is InChI=1S/C14H20N2O6S3/c17-24(18,15-4-8-21-9-5-15)12-3-13-1-2-14(23-13)25(19,20)16-6-10-22-11-7-16/h1-3,12H,4-11H2/b12-3+. The fraction of sp³-hybridized carbons (Fsp3) is 0.571. The van der Waals surface area contributed by atoms with Gasteiger partial charge >= 0.3 is 0 Å². The summed E-state index contributed by atoms with van der Waals surface area (Å²) in [6.07, 6.45) is 1.44. The van der Waals surface area contributed by atoms with Crippen molar-refractivity contribution in [1.29, 1.82) is 0 Å². The first-order valence-electron chi connectivity index (χ1n) is 7.83. The van der Waals surface area contributed by atoms with Crippen molar-refractivity contribution >= 4 is 37.5 Å². The molecule has 0 bridgehead atoms. The van der Waals surface area contributed by atoms with Gasteiger partial charge in [0.15, 0.2) is 0 Å². The lowest BCUT2D eigenvalue weighted by atomic mass is 10.5. The van der Waals surface area contributed by atoms with Crippen molar-refractivity contribution < 1.29 is 26.3 Å². The van der Waals surface area contributed by atoms with E-state index >= 15 is 0 Å². The van der Waals surface area contributed by atoms with Gasteiger partial charge in [0, 0.05) is 36.5 Å². The minimum absolute atomic E-state index is 0.206. The van der Waals surface area contributed by atoms with Crippen LogP contribution in [0.25, 0.3) is 6.08 Å². The Morgan fingerprint density at radius 1 is 0.880 bits per heavy atom. The van der Waals surface area contributed by atoms with Crippen LogP contribution in [0.4, 0.5) is 0 Å². The minimum atomic E-state index is -3.55. The molecule has 0 radical (unpaired) electrons. The van der Waals surface area contributed by atoms with Gasteiger partial charge in [0.05, 0.1) is 26.4 Å². The van der Waals surface area contributed by atoms with Gasteiger partial charge in [-0.3, -0.25) is 0 Å². The van der Waals surface area contributed by atoms with Crippen molar-refractivity contribution in [3.8, 4) is 0 Å². The van der Waals surface area contributed by atoms with Crippen molar-refractivity contribution in [1.82, 2.24) is 8.61 Å². The molecule has 0 unspecified atom stereocenters. The zero-order valence-electron chi connectivity index (χ0n) is 13.5.